The number of aliphatic hydroxyl groups is 1. The number of aryl methyl sites for hydroxylation is 1. The maximum atomic E-state index is 14.9. The summed E-state index contributed by atoms with van der Waals surface area (Å²) in [6, 6.07) is 12.1. The average molecular weight is 611 g/mol. The van der Waals surface area contributed by atoms with Crippen molar-refractivity contribution in [3.8, 4) is 11.4 Å². The summed E-state index contributed by atoms with van der Waals surface area (Å²) in [4.78, 5) is 12.8. The van der Waals surface area contributed by atoms with Crippen LogP contribution in [0.1, 0.15) is 30.4 Å². The summed E-state index contributed by atoms with van der Waals surface area (Å²) in [5.41, 5.74) is 1.85. The van der Waals surface area contributed by atoms with Crippen LogP contribution in [0.2, 0.25) is 0 Å². The Labute approximate surface area is 241 Å². The van der Waals surface area contributed by atoms with Crippen molar-refractivity contribution in [1.82, 2.24) is 4.57 Å². The summed E-state index contributed by atoms with van der Waals surface area (Å²) in [5.74, 6) is -4.88. The van der Waals surface area contributed by atoms with Crippen molar-refractivity contribution in [2.75, 3.05) is 24.3 Å². The number of pyridine rings is 1. The topological polar surface area (TPSA) is 77.5 Å². The number of aromatic nitrogens is 1. The molecule has 4 aromatic rings. The first-order valence-electron chi connectivity index (χ1n) is 12.9. The van der Waals surface area contributed by atoms with Gasteiger partial charge in [-0.05, 0) is 78.3 Å². The molecule has 4 rings (SSSR count). The van der Waals surface area contributed by atoms with Crippen molar-refractivity contribution < 1.29 is 36.2 Å². The molecular formula is C30H28F6N2O3S. The van der Waals surface area contributed by atoms with E-state index in [2.05, 4.69) is 0 Å². The summed E-state index contributed by atoms with van der Waals surface area (Å²) in [5, 5.41) is 11.6. The smallest absolute Gasteiger partial charge is 0.418 e. The van der Waals surface area contributed by atoms with E-state index < -0.39 is 58.6 Å². The van der Waals surface area contributed by atoms with Crippen LogP contribution in [0.4, 0.5) is 32.0 Å². The highest BCUT2D eigenvalue weighted by Gasteiger charge is 2.58. The lowest BCUT2D eigenvalue weighted by Gasteiger charge is -2.38. The molecular weight excluding hydrogens is 582 g/mol. The number of fused-ring (bicyclic) bond motifs is 1. The second-order valence-corrected chi connectivity index (χ2v) is 11.0. The van der Waals surface area contributed by atoms with E-state index >= 15 is 0 Å². The summed E-state index contributed by atoms with van der Waals surface area (Å²) < 4.78 is 93.1. The summed E-state index contributed by atoms with van der Waals surface area (Å²) in [6.07, 6.45) is -5.75. The standard InChI is InChI=1S/C30H28F6N2O3S/c1-3-42-16-29(40,30(34,35)36)23(22-9-12-25(41-2)27(33)28(22)37)11-4-17-14-19(32)15-24-21(17)10-13-26(39)38(24)20-7-5-18(31)6-8-20/h5-10,12-15,23,40H,3-4,11,16,37H2,1-2H3. The number of anilines is 1. The van der Waals surface area contributed by atoms with E-state index in [1.807, 2.05) is 0 Å². The van der Waals surface area contributed by atoms with Crippen LogP contribution in [0.3, 0.4) is 0 Å². The fraction of sp³-hybridized carbons (Fsp3) is 0.300. The molecule has 0 fully saturated rings. The lowest BCUT2D eigenvalue weighted by atomic mass is 9.77. The zero-order chi connectivity index (χ0) is 30.8. The first-order valence-corrected chi connectivity index (χ1v) is 14.1. The molecule has 0 spiro atoms. The van der Waals surface area contributed by atoms with Gasteiger partial charge in [0.05, 0.1) is 18.3 Å². The van der Waals surface area contributed by atoms with Crippen molar-refractivity contribution in [1.29, 1.82) is 0 Å². The third-order valence-corrected chi connectivity index (χ3v) is 8.27. The van der Waals surface area contributed by atoms with Gasteiger partial charge in [-0.3, -0.25) is 9.36 Å². The maximum Gasteiger partial charge on any atom is 0.418 e. The second-order valence-electron chi connectivity index (χ2n) is 9.72. The highest BCUT2D eigenvalue weighted by molar-refractivity contribution is 7.99. The molecule has 1 aromatic heterocycles. The number of nitrogens with zero attached hydrogens (tertiary/aromatic N) is 1. The first kappa shape index (κ1) is 31.3. The number of halogens is 6. The van der Waals surface area contributed by atoms with Gasteiger partial charge in [0.2, 0.25) is 0 Å². The summed E-state index contributed by atoms with van der Waals surface area (Å²) in [6.45, 7) is 1.64. The molecule has 0 radical (unpaired) electrons. The molecule has 5 nitrogen and oxygen atoms in total. The second kappa shape index (κ2) is 12.3. The van der Waals surface area contributed by atoms with E-state index in [1.165, 1.54) is 42.0 Å². The third kappa shape index (κ3) is 5.96. The van der Waals surface area contributed by atoms with Crippen molar-refractivity contribution in [3.63, 3.8) is 0 Å². The van der Waals surface area contributed by atoms with Crippen LogP contribution in [0.15, 0.2) is 65.5 Å². The van der Waals surface area contributed by atoms with Crippen LogP contribution in [0.25, 0.3) is 16.6 Å². The van der Waals surface area contributed by atoms with E-state index in [9.17, 15) is 36.2 Å². The van der Waals surface area contributed by atoms with Crippen LogP contribution >= 0.6 is 11.8 Å². The predicted molar refractivity (Wildman–Crippen MR) is 152 cm³/mol. The Bertz CT molecular complexity index is 1640. The molecule has 0 bridgehead atoms. The number of nitrogen functional groups attached to an aromatic ring is 1. The van der Waals surface area contributed by atoms with Crippen LogP contribution in [-0.2, 0) is 6.42 Å². The van der Waals surface area contributed by atoms with Gasteiger partial charge in [-0.25, -0.2) is 13.2 Å². The van der Waals surface area contributed by atoms with Gasteiger partial charge in [-0.15, -0.1) is 0 Å². The molecule has 0 aliphatic rings. The van der Waals surface area contributed by atoms with Crippen molar-refractivity contribution >= 4 is 28.4 Å². The number of alkyl halides is 3. The number of benzene rings is 3. The number of nitrogens with two attached hydrogens (primary N) is 1. The SMILES string of the molecule is CCSCC(O)(C(CCc1cc(F)cc2c1ccc(=O)n2-c1ccc(F)cc1)c1ccc(OC)c(F)c1N)C(F)(F)F. The van der Waals surface area contributed by atoms with Crippen molar-refractivity contribution in [3.05, 3.63) is 99.6 Å². The number of rotatable bonds is 10. The molecule has 0 aliphatic carbocycles. The largest absolute Gasteiger partial charge is 0.494 e. The summed E-state index contributed by atoms with van der Waals surface area (Å²) in [7, 11) is 1.18. The average Bonchev–Trinajstić information content (AvgIpc) is 2.94. The fourth-order valence-corrected chi connectivity index (χ4v) is 5.97. The minimum Gasteiger partial charge on any atom is -0.494 e. The van der Waals surface area contributed by atoms with E-state index in [-0.39, 0.29) is 40.3 Å². The third-order valence-electron chi connectivity index (χ3n) is 7.22. The molecule has 0 saturated carbocycles. The van der Waals surface area contributed by atoms with E-state index in [0.717, 1.165) is 42.1 Å². The molecule has 3 aromatic carbocycles. The highest BCUT2D eigenvalue weighted by atomic mass is 32.2. The monoisotopic (exact) mass is 610 g/mol. The van der Waals surface area contributed by atoms with Crippen LogP contribution in [-0.4, -0.2) is 40.1 Å². The molecule has 3 N–H and O–H groups in total. The molecule has 42 heavy (non-hydrogen) atoms. The number of methoxy groups -OCH3 is 1. The zero-order valence-corrected chi connectivity index (χ0v) is 23.5. The first-order chi connectivity index (χ1) is 19.8. The molecule has 1 heterocycles. The molecule has 12 heteroatoms. The summed E-state index contributed by atoms with van der Waals surface area (Å²) >= 11 is 0.857. The molecule has 0 aliphatic heterocycles. The van der Waals surface area contributed by atoms with E-state index in [0.29, 0.717) is 5.39 Å². The number of ether oxygens (including phenoxy) is 1. The van der Waals surface area contributed by atoms with Crippen molar-refractivity contribution in [2.24, 2.45) is 0 Å². The van der Waals surface area contributed by atoms with Gasteiger partial charge in [0.25, 0.3) is 5.56 Å². The van der Waals surface area contributed by atoms with Gasteiger partial charge >= 0.3 is 6.18 Å². The van der Waals surface area contributed by atoms with Gasteiger partial charge < -0.3 is 15.6 Å². The molecule has 0 saturated heterocycles. The van der Waals surface area contributed by atoms with Crippen LogP contribution in [0, 0.1) is 17.5 Å². The lowest BCUT2D eigenvalue weighted by Crippen LogP contribution is -2.52. The Balaban J connectivity index is 1.86. The predicted octanol–water partition coefficient (Wildman–Crippen LogP) is 6.76. The number of hydrogen-bond donors (Lipinski definition) is 2. The minimum atomic E-state index is -5.13. The Hall–Kier alpha value is -3.64. The van der Waals surface area contributed by atoms with Gasteiger partial charge in [0, 0.05) is 28.8 Å². The molecule has 2 unspecified atom stereocenters. The van der Waals surface area contributed by atoms with Crippen molar-refractivity contribution in [2.45, 2.75) is 37.5 Å². The maximum absolute atomic E-state index is 14.9. The quantitative estimate of drug-likeness (QED) is 0.153. The Morgan fingerprint density at radius 3 is 2.31 bits per heavy atom. The molecule has 2 atom stereocenters. The van der Waals surface area contributed by atoms with E-state index in [4.69, 9.17) is 10.5 Å². The van der Waals surface area contributed by atoms with Gasteiger partial charge in [0.15, 0.2) is 17.2 Å². The highest BCUT2D eigenvalue weighted by Crippen LogP contribution is 2.48. The Morgan fingerprint density at radius 1 is 1.00 bits per heavy atom. The molecule has 0 amide bonds. The lowest BCUT2D eigenvalue weighted by molar-refractivity contribution is -0.259. The normalized spacial score (nSPS) is 14.1. The van der Waals surface area contributed by atoms with Crippen LogP contribution < -0.4 is 16.0 Å². The number of thioether (sulfide) groups is 1. The molecule has 224 valence electrons. The zero-order valence-electron chi connectivity index (χ0n) is 22.6. The Morgan fingerprint density at radius 2 is 1.69 bits per heavy atom. The Kier molecular flexibility index (Phi) is 9.17. The van der Waals surface area contributed by atoms with E-state index in [1.54, 1.807) is 6.92 Å². The van der Waals surface area contributed by atoms with Gasteiger partial charge in [-0.1, -0.05) is 13.0 Å². The van der Waals surface area contributed by atoms with Gasteiger partial charge in [-0.2, -0.15) is 24.9 Å². The van der Waals surface area contributed by atoms with Gasteiger partial charge in [0.1, 0.15) is 11.6 Å². The van der Waals surface area contributed by atoms with Crippen LogP contribution in [0.5, 0.6) is 5.75 Å². The minimum absolute atomic E-state index is 0.114. The number of hydrogen-bond acceptors (Lipinski definition) is 5. The fourth-order valence-electron chi connectivity index (χ4n) is 5.09.